The molecule has 0 aliphatic carbocycles. The Morgan fingerprint density at radius 1 is 1.44 bits per heavy atom. The Morgan fingerprint density at radius 2 is 2.19 bits per heavy atom. The number of Topliss-reactive ketones (excluding diaryl/α,β-unsaturated/α-hetero) is 1. The number of carbonyl (C=O) groups is 1. The van der Waals surface area contributed by atoms with Gasteiger partial charge in [-0.15, -0.1) is 6.58 Å². The highest BCUT2D eigenvalue weighted by atomic mass is 16.5. The van der Waals surface area contributed by atoms with E-state index in [2.05, 4.69) is 6.58 Å². The summed E-state index contributed by atoms with van der Waals surface area (Å²) >= 11 is 0. The molecule has 1 unspecified atom stereocenters. The van der Waals surface area contributed by atoms with E-state index in [0.29, 0.717) is 12.8 Å². The second kappa shape index (κ2) is 4.52. The Morgan fingerprint density at radius 3 is 2.88 bits per heavy atom. The van der Waals surface area contributed by atoms with Crippen LogP contribution in [0.1, 0.15) is 25.3 Å². The van der Waals surface area contributed by atoms with E-state index in [0.717, 1.165) is 23.3 Å². The molecule has 1 aromatic carbocycles. The summed E-state index contributed by atoms with van der Waals surface area (Å²) in [5.41, 5.74) is 2.18. The van der Waals surface area contributed by atoms with E-state index in [1.807, 2.05) is 31.2 Å². The van der Waals surface area contributed by atoms with Gasteiger partial charge in [-0.25, -0.2) is 0 Å². The van der Waals surface area contributed by atoms with Crippen molar-refractivity contribution in [2.75, 3.05) is 0 Å². The van der Waals surface area contributed by atoms with Crippen LogP contribution in [0.4, 0.5) is 0 Å². The molecular formula is C14H16O2. The van der Waals surface area contributed by atoms with Crippen molar-refractivity contribution in [1.82, 2.24) is 0 Å². The second-order valence-electron chi connectivity index (χ2n) is 4.34. The maximum absolute atomic E-state index is 11.9. The van der Waals surface area contributed by atoms with E-state index >= 15 is 0 Å². The largest absolute Gasteiger partial charge is 0.482 e. The summed E-state index contributed by atoms with van der Waals surface area (Å²) in [7, 11) is 0. The molecule has 0 radical (unpaired) electrons. The molecule has 1 heterocycles. The third-order valence-corrected chi connectivity index (χ3v) is 2.80. The van der Waals surface area contributed by atoms with Crippen LogP contribution in [0.5, 0.6) is 5.75 Å². The number of para-hydroxylation sites is 1. The lowest BCUT2D eigenvalue weighted by Gasteiger charge is -2.09. The first-order chi connectivity index (χ1) is 7.66. The fourth-order valence-corrected chi connectivity index (χ4v) is 1.86. The number of ether oxygens (including phenoxy) is 1. The number of rotatable bonds is 4. The molecular weight excluding hydrogens is 200 g/mol. The fraction of sp³-hybridized carbons (Fsp3) is 0.357. The van der Waals surface area contributed by atoms with Crippen molar-refractivity contribution in [1.29, 1.82) is 0 Å². The zero-order valence-corrected chi connectivity index (χ0v) is 9.53. The number of benzene rings is 1. The Kier molecular flexibility index (Phi) is 3.09. The monoisotopic (exact) mass is 216 g/mol. The number of hydrogen-bond donors (Lipinski definition) is 0. The summed E-state index contributed by atoms with van der Waals surface area (Å²) in [5.74, 6) is 1.04. The average molecular weight is 216 g/mol. The average Bonchev–Trinajstić information content (AvgIpc) is 2.69. The molecule has 84 valence electrons. The molecule has 1 aliphatic heterocycles. The van der Waals surface area contributed by atoms with Crippen molar-refractivity contribution in [2.24, 2.45) is 0 Å². The molecule has 0 saturated heterocycles. The number of hydrogen-bond acceptors (Lipinski definition) is 2. The van der Waals surface area contributed by atoms with Gasteiger partial charge in [0.2, 0.25) is 0 Å². The highest BCUT2D eigenvalue weighted by Crippen LogP contribution is 2.29. The number of allylic oxidation sites excluding steroid dienone is 1. The molecule has 2 rings (SSSR count). The first kappa shape index (κ1) is 10.9. The molecule has 0 amide bonds. The predicted molar refractivity (Wildman–Crippen MR) is 63.6 cm³/mol. The number of carbonyl (C=O) groups excluding carboxylic acids is 1. The van der Waals surface area contributed by atoms with Gasteiger partial charge in [0.1, 0.15) is 5.75 Å². The first-order valence-corrected chi connectivity index (χ1v) is 5.58. The van der Waals surface area contributed by atoms with E-state index in [9.17, 15) is 4.79 Å². The zero-order chi connectivity index (χ0) is 11.5. The standard InChI is InChI=1S/C14H16O2/c1-10(2)7-8-12(15)14-9-11-5-3-4-6-13(11)16-14/h3-6,14H,1,7-9H2,2H3. The smallest absolute Gasteiger partial charge is 0.173 e. The molecule has 1 atom stereocenters. The molecule has 0 bridgehead atoms. The minimum absolute atomic E-state index is 0.180. The van der Waals surface area contributed by atoms with Gasteiger partial charge in [0.15, 0.2) is 11.9 Å². The normalized spacial score (nSPS) is 17.7. The van der Waals surface area contributed by atoms with Crippen LogP contribution >= 0.6 is 0 Å². The minimum Gasteiger partial charge on any atom is -0.482 e. The van der Waals surface area contributed by atoms with Crippen molar-refractivity contribution < 1.29 is 9.53 Å². The summed E-state index contributed by atoms with van der Waals surface area (Å²) in [6, 6.07) is 7.84. The van der Waals surface area contributed by atoms with E-state index in [4.69, 9.17) is 4.74 Å². The van der Waals surface area contributed by atoms with Gasteiger partial charge in [0.25, 0.3) is 0 Å². The van der Waals surface area contributed by atoms with Crippen LogP contribution in [0.25, 0.3) is 0 Å². The lowest BCUT2D eigenvalue weighted by molar-refractivity contribution is -0.125. The molecule has 0 aromatic heterocycles. The van der Waals surface area contributed by atoms with Crippen LogP contribution in [0.3, 0.4) is 0 Å². The Labute approximate surface area is 95.9 Å². The van der Waals surface area contributed by atoms with Gasteiger partial charge in [0.05, 0.1) is 0 Å². The predicted octanol–water partition coefficient (Wildman–Crippen LogP) is 2.92. The molecule has 1 aliphatic rings. The Balaban J connectivity index is 1.96. The quantitative estimate of drug-likeness (QED) is 0.723. The van der Waals surface area contributed by atoms with E-state index < -0.39 is 0 Å². The lowest BCUT2D eigenvalue weighted by Crippen LogP contribution is -2.24. The van der Waals surface area contributed by atoms with Gasteiger partial charge in [-0.3, -0.25) is 4.79 Å². The third-order valence-electron chi connectivity index (χ3n) is 2.80. The molecule has 1 aromatic rings. The Bertz CT molecular complexity index is 395. The van der Waals surface area contributed by atoms with E-state index in [1.165, 1.54) is 0 Å². The van der Waals surface area contributed by atoms with E-state index in [1.54, 1.807) is 0 Å². The molecule has 2 heteroatoms. The highest BCUT2D eigenvalue weighted by Gasteiger charge is 2.27. The summed E-state index contributed by atoms with van der Waals surface area (Å²) in [5, 5.41) is 0. The molecule has 0 fully saturated rings. The van der Waals surface area contributed by atoms with Gasteiger partial charge < -0.3 is 4.74 Å². The van der Waals surface area contributed by atoms with Crippen molar-refractivity contribution in [3.05, 3.63) is 42.0 Å². The summed E-state index contributed by atoms with van der Waals surface area (Å²) in [4.78, 5) is 11.9. The molecule has 0 saturated carbocycles. The van der Waals surface area contributed by atoms with Gasteiger partial charge in [-0.1, -0.05) is 23.8 Å². The second-order valence-corrected chi connectivity index (χ2v) is 4.34. The van der Waals surface area contributed by atoms with Gasteiger partial charge in [0, 0.05) is 12.8 Å². The van der Waals surface area contributed by atoms with Crippen LogP contribution in [0.2, 0.25) is 0 Å². The zero-order valence-electron chi connectivity index (χ0n) is 9.53. The molecule has 2 nitrogen and oxygen atoms in total. The third kappa shape index (κ3) is 2.32. The maximum atomic E-state index is 11.9. The number of fused-ring (bicyclic) bond motifs is 1. The summed E-state index contributed by atoms with van der Waals surface area (Å²) in [6.45, 7) is 5.74. The van der Waals surface area contributed by atoms with E-state index in [-0.39, 0.29) is 11.9 Å². The molecule has 16 heavy (non-hydrogen) atoms. The summed E-state index contributed by atoms with van der Waals surface area (Å²) < 4.78 is 5.62. The Hall–Kier alpha value is -1.57. The first-order valence-electron chi connectivity index (χ1n) is 5.58. The van der Waals surface area contributed by atoms with Gasteiger partial charge >= 0.3 is 0 Å². The van der Waals surface area contributed by atoms with Crippen molar-refractivity contribution >= 4 is 5.78 Å². The highest BCUT2D eigenvalue weighted by molar-refractivity contribution is 5.84. The fourth-order valence-electron chi connectivity index (χ4n) is 1.86. The van der Waals surface area contributed by atoms with Crippen LogP contribution in [-0.4, -0.2) is 11.9 Å². The topological polar surface area (TPSA) is 26.3 Å². The minimum atomic E-state index is -0.281. The maximum Gasteiger partial charge on any atom is 0.173 e. The van der Waals surface area contributed by atoms with Gasteiger partial charge in [-0.2, -0.15) is 0 Å². The van der Waals surface area contributed by atoms with Crippen LogP contribution in [0, 0.1) is 0 Å². The van der Waals surface area contributed by atoms with Crippen molar-refractivity contribution in [3.63, 3.8) is 0 Å². The van der Waals surface area contributed by atoms with Crippen molar-refractivity contribution in [3.8, 4) is 5.75 Å². The van der Waals surface area contributed by atoms with Crippen LogP contribution in [-0.2, 0) is 11.2 Å². The van der Waals surface area contributed by atoms with Crippen LogP contribution in [0.15, 0.2) is 36.4 Å². The number of ketones is 1. The molecule has 0 N–H and O–H groups in total. The van der Waals surface area contributed by atoms with Gasteiger partial charge in [-0.05, 0) is 25.0 Å². The van der Waals surface area contributed by atoms with Crippen LogP contribution < -0.4 is 4.74 Å². The van der Waals surface area contributed by atoms with Crippen molar-refractivity contribution in [2.45, 2.75) is 32.3 Å². The SMILES string of the molecule is C=C(C)CCC(=O)C1Cc2ccccc2O1. The molecule has 0 spiro atoms. The summed E-state index contributed by atoms with van der Waals surface area (Å²) in [6.07, 6.45) is 1.73. The lowest BCUT2D eigenvalue weighted by atomic mass is 10.0.